The summed E-state index contributed by atoms with van der Waals surface area (Å²) >= 11 is 0. The van der Waals surface area contributed by atoms with Gasteiger partial charge in [0.15, 0.2) is 0 Å². The number of nitriles is 1. The van der Waals surface area contributed by atoms with Gasteiger partial charge in [-0.2, -0.15) is 5.26 Å². The van der Waals surface area contributed by atoms with E-state index >= 15 is 0 Å². The summed E-state index contributed by atoms with van der Waals surface area (Å²) in [5.74, 6) is -1.91. The first kappa shape index (κ1) is 10.4. The zero-order chi connectivity index (χ0) is 11.5. The van der Waals surface area contributed by atoms with Crippen molar-refractivity contribution in [3.05, 3.63) is 35.9 Å². The molecule has 1 heterocycles. The SMILES string of the molecule is N#C[C@H]1C(=O)NC(=O)C[C@H]1c1ccccc1. The lowest BCUT2D eigenvalue weighted by Gasteiger charge is -2.25. The van der Waals surface area contributed by atoms with Crippen LogP contribution in [0.15, 0.2) is 30.3 Å². The molecule has 2 atom stereocenters. The minimum absolute atomic E-state index is 0.188. The highest BCUT2D eigenvalue weighted by atomic mass is 16.2. The highest BCUT2D eigenvalue weighted by molar-refractivity contribution is 6.00. The maximum Gasteiger partial charge on any atom is 0.244 e. The van der Waals surface area contributed by atoms with E-state index in [1.807, 2.05) is 36.4 Å². The van der Waals surface area contributed by atoms with Gasteiger partial charge in [0.1, 0.15) is 5.92 Å². The highest BCUT2D eigenvalue weighted by Crippen LogP contribution is 2.30. The van der Waals surface area contributed by atoms with Gasteiger partial charge in [0.05, 0.1) is 6.07 Å². The second-order valence-corrected chi connectivity index (χ2v) is 3.74. The molecular formula is C12H10N2O2. The van der Waals surface area contributed by atoms with Gasteiger partial charge in [0.2, 0.25) is 11.8 Å². The van der Waals surface area contributed by atoms with Crippen molar-refractivity contribution in [1.82, 2.24) is 5.32 Å². The third kappa shape index (κ3) is 1.80. The Morgan fingerprint density at radius 3 is 2.56 bits per heavy atom. The number of benzene rings is 1. The number of rotatable bonds is 1. The molecule has 1 aromatic carbocycles. The molecule has 2 amide bonds. The summed E-state index contributed by atoms with van der Waals surface area (Å²) in [4.78, 5) is 22.7. The van der Waals surface area contributed by atoms with Crippen molar-refractivity contribution in [1.29, 1.82) is 5.26 Å². The first-order valence-corrected chi connectivity index (χ1v) is 5.00. The number of hydrogen-bond acceptors (Lipinski definition) is 3. The molecule has 0 bridgehead atoms. The van der Waals surface area contributed by atoms with Crippen molar-refractivity contribution in [3.8, 4) is 6.07 Å². The topological polar surface area (TPSA) is 70.0 Å². The highest BCUT2D eigenvalue weighted by Gasteiger charge is 2.36. The molecule has 1 N–H and O–H groups in total. The molecule has 4 heteroatoms. The molecule has 1 aliphatic rings. The molecule has 0 aliphatic carbocycles. The van der Waals surface area contributed by atoms with Crippen molar-refractivity contribution in [2.75, 3.05) is 0 Å². The van der Waals surface area contributed by atoms with Crippen LogP contribution in [0.3, 0.4) is 0 Å². The summed E-state index contributed by atoms with van der Waals surface area (Å²) in [5.41, 5.74) is 0.859. The van der Waals surface area contributed by atoms with Gasteiger partial charge in [-0.05, 0) is 5.56 Å². The molecule has 1 aromatic rings. The van der Waals surface area contributed by atoms with Crippen LogP contribution < -0.4 is 5.32 Å². The summed E-state index contributed by atoms with van der Waals surface area (Å²) in [5, 5.41) is 11.1. The minimum atomic E-state index is -0.778. The van der Waals surface area contributed by atoms with Gasteiger partial charge in [0.25, 0.3) is 0 Å². The monoisotopic (exact) mass is 214 g/mol. The first-order chi connectivity index (χ1) is 7.72. The zero-order valence-electron chi connectivity index (χ0n) is 8.51. The summed E-state index contributed by atoms with van der Waals surface area (Å²) in [6.07, 6.45) is 0.188. The number of amides is 2. The van der Waals surface area contributed by atoms with E-state index in [9.17, 15) is 9.59 Å². The summed E-state index contributed by atoms with van der Waals surface area (Å²) in [6, 6.07) is 11.2. The predicted octanol–water partition coefficient (Wildman–Crippen LogP) is 0.956. The van der Waals surface area contributed by atoms with Gasteiger partial charge >= 0.3 is 0 Å². The third-order valence-electron chi connectivity index (χ3n) is 2.72. The number of carbonyl (C=O) groups excluding carboxylic acids is 2. The Labute approximate surface area is 92.9 Å². The van der Waals surface area contributed by atoms with Crippen molar-refractivity contribution < 1.29 is 9.59 Å². The fourth-order valence-corrected chi connectivity index (χ4v) is 1.93. The molecule has 0 radical (unpaired) electrons. The molecule has 16 heavy (non-hydrogen) atoms. The number of hydrogen-bond donors (Lipinski definition) is 1. The van der Waals surface area contributed by atoms with Gasteiger partial charge in [-0.3, -0.25) is 14.9 Å². The summed E-state index contributed by atoms with van der Waals surface area (Å²) in [7, 11) is 0. The van der Waals surface area contributed by atoms with Crippen molar-refractivity contribution in [2.24, 2.45) is 5.92 Å². The van der Waals surface area contributed by atoms with E-state index in [4.69, 9.17) is 5.26 Å². The van der Waals surface area contributed by atoms with Gasteiger partial charge < -0.3 is 0 Å². The molecule has 1 saturated heterocycles. The van der Waals surface area contributed by atoms with Gasteiger partial charge in [-0.25, -0.2) is 0 Å². The lowest BCUT2D eigenvalue weighted by atomic mass is 9.81. The third-order valence-corrected chi connectivity index (χ3v) is 2.72. The fourth-order valence-electron chi connectivity index (χ4n) is 1.93. The van der Waals surface area contributed by atoms with Crippen molar-refractivity contribution in [3.63, 3.8) is 0 Å². The van der Waals surface area contributed by atoms with Gasteiger partial charge in [0, 0.05) is 12.3 Å². The van der Waals surface area contributed by atoms with Crippen LogP contribution in [0.5, 0.6) is 0 Å². The van der Waals surface area contributed by atoms with Crippen LogP contribution in [0.25, 0.3) is 0 Å². The molecule has 1 aliphatic heterocycles. The Hall–Kier alpha value is -2.15. The maximum absolute atomic E-state index is 11.5. The van der Waals surface area contributed by atoms with Crippen LogP contribution in [0.1, 0.15) is 17.9 Å². The minimum Gasteiger partial charge on any atom is -0.295 e. The molecule has 0 unspecified atom stereocenters. The number of nitrogens with one attached hydrogen (secondary N) is 1. The molecule has 0 saturated carbocycles. The van der Waals surface area contributed by atoms with E-state index in [2.05, 4.69) is 5.32 Å². The molecular weight excluding hydrogens is 204 g/mol. The van der Waals surface area contributed by atoms with Crippen LogP contribution in [-0.2, 0) is 9.59 Å². The number of piperidine rings is 1. The van der Waals surface area contributed by atoms with Crippen LogP contribution in [0.4, 0.5) is 0 Å². The van der Waals surface area contributed by atoms with E-state index < -0.39 is 11.8 Å². The average molecular weight is 214 g/mol. The Balaban J connectivity index is 2.35. The van der Waals surface area contributed by atoms with Crippen LogP contribution in [0, 0.1) is 17.2 Å². The zero-order valence-corrected chi connectivity index (χ0v) is 8.51. The average Bonchev–Trinajstić information content (AvgIpc) is 2.29. The molecule has 0 spiro atoms. The van der Waals surface area contributed by atoms with E-state index in [0.29, 0.717) is 0 Å². The van der Waals surface area contributed by atoms with E-state index in [1.54, 1.807) is 0 Å². The predicted molar refractivity (Wildman–Crippen MR) is 56.1 cm³/mol. The lowest BCUT2D eigenvalue weighted by Crippen LogP contribution is -2.44. The second kappa shape index (κ2) is 4.15. The molecule has 80 valence electrons. The Bertz CT molecular complexity index is 462. The lowest BCUT2D eigenvalue weighted by molar-refractivity contribution is -0.135. The van der Waals surface area contributed by atoms with Gasteiger partial charge in [-0.15, -0.1) is 0 Å². The van der Waals surface area contributed by atoms with E-state index in [-0.39, 0.29) is 18.2 Å². The Morgan fingerprint density at radius 1 is 1.25 bits per heavy atom. The van der Waals surface area contributed by atoms with E-state index in [1.165, 1.54) is 0 Å². The Kier molecular flexibility index (Phi) is 2.69. The quantitative estimate of drug-likeness (QED) is 0.708. The second-order valence-electron chi connectivity index (χ2n) is 3.74. The van der Waals surface area contributed by atoms with Crippen LogP contribution in [-0.4, -0.2) is 11.8 Å². The standard InChI is InChI=1S/C12H10N2O2/c13-7-10-9(6-11(15)14-12(10)16)8-4-2-1-3-5-8/h1-5,9-10H,6H2,(H,14,15,16)/t9-,10+/m0/s1. The van der Waals surface area contributed by atoms with E-state index in [0.717, 1.165) is 5.56 Å². The van der Waals surface area contributed by atoms with Gasteiger partial charge in [-0.1, -0.05) is 30.3 Å². The molecule has 4 nitrogen and oxygen atoms in total. The normalized spacial score (nSPS) is 24.7. The van der Waals surface area contributed by atoms with Crippen LogP contribution >= 0.6 is 0 Å². The fraction of sp³-hybridized carbons (Fsp3) is 0.250. The summed E-state index contributed by atoms with van der Waals surface area (Å²) < 4.78 is 0. The molecule has 0 aromatic heterocycles. The van der Waals surface area contributed by atoms with Crippen molar-refractivity contribution >= 4 is 11.8 Å². The van der Waals surface area contributed by atoms with Crippen molar-refractivity contribution in [2.45, 2.75) is 12.3 Å². The number of imide groups is 1. The number of nitrogens with zero attached hydrogens (tertiary/aromatic N) is 1. The Morgan fingerprint density at radius 2 is 1.94 bits per heavy atom. The van der Waals surface area contributed by atoms with Crippen LogP contribution in [0.2, 0.25) is 0 Å². The maximum atomic E-state index is 11.5. The first-order valence-electron chi connectivity index (χ1n) is 5.00. The molecule has 1 fully saturated rings. The summed E-state index contributed by atoms with van der Waals surface area (Å²) in [6.45, 7) is 0. The largest absolute Gasteiger partial charge is 0.295 e. The number of carbonyl (C=O) groups is 2. The smallest absolute Gasteiger partial charge is 0.244 e. The molecule has 2 rings (SSSR count).